The second-order valence-corrected chi connectivity index (χ2v) is 7.11. The third-order valence-corrected chi connectivity index (χ3v) is 3.27. The van der Waals surface area contributed by atoms with E-state index in [1.54, 1.807) is 20.8 Å². The molecular formula is C15H23Cl2OTi. The maximum atomic E-state index is 5.68. The molecule has 1 rings (SSSR count). The summed E-state index contributed by atoms with van der Waals surface area (Å²) in [5.74, 6) is 1.05. The molecule has 107 valence electrons. The molecule has 0 saturated carbocycles. The summed E-state index contributed by atoms with van der Waals surface area (Å²) < 4.78 is 5.68. The van der Waals surface area contributed by atoms with Crippen LogP contribution in [0, 0.1) is 6.92 Å². The van der Waals surface area contributed by atoms with Crippen molar-refractivity contribution >= 4 is 0 Å². The molecule has 0 aliphatic rings. The smallest absolute Gasteiger partial charge is 1.00 e. The first-order valence-corrected chi connectivity index (χ1v) is 6.70. The standard InChI is InChI=1S/C15H24O.2ClH.Ti/c1-10-8-11(14(2,3)4)13(16)12(9-10)15(5,6)7;;;/h8-9,16H,1-7H3;2*1H;/q;;;+3/p-3. The number of rotatable bonds is 1. The van der Waals surface area contributed by atoms with Gasteiger partial charge in [-0.15, -0.1) is 0 Å². The molecule has 0 heterocycles. The fourth-order valence-corrected chi connectivity index (χ4v) is 2.34. The van der Waals surface area contributed by atoms with Crippen LogP contribution < -0.4 is 28.1 Å². The molecule has 0 aliphatic carbocycles. The Morgan fingerprint density at radius 1 is 0.842 bits per heavy atom. The monoisotopic (exact) mass is 337 g/mol. The topological polar surface area (TPSA) is 9.23 Å². The van der Waals surface area contributed by atoms with Crippen LogP contribution >= 0.6 is 0 Å². The molecule has 0 saturated heterocycles. The zero-order valence-corrected chi connectivity index (χ0v) is 15.9. The van der Waals surface area contributed by atoms with Crippen LogP contribution in [0.25, 0.3) is 0 Å². The minimum Gasteiger partial charge on any atom is -1.00 e. The fourth-order valence-electron chi connectivity index (χ4n) is 2.00. The zero-order valence-electron chi connectivity index (χ0n) is 12.8. The van der Waals surface area contributed by atoms with Crippen LogP contribution in [-0.4, -0.2) is 0 Å². The van der Waals surface area contributed by atoms with E-state index in [0.29, 0.717) is 0 Å². The van der Waals surface area contributed by atoms with E-state index < -0.39 is 0 Å². The van der Waals surface area contributed by atoms with Gasteiger partial charge in [-0.25, -0.2) is 0 Å². The van der Waals surface area contributed by atoms with E-state index >= 15 is 0 Å². The maximum absolute atomic E-state index is 5.68. The fraction of sp³-hybridized carbons (Fsp3) is 0.600. The number of aryl methyl sites for hydroxylation is 1. The van der Waals surface area contributed by atoms with E-state index in [1.165, 1.54) is 16.7 Å². The number of halogens is 2. The van der Waals surface area contributed by atoms with Crippen LogP contribution in [0.15, 0.2) is 12.1 Å². The average Bonchev–Trinajstić information content (AvgIpc) is 2.13. The van der Waals surface area contributed by atoms with E-state index in [-0.39, 0.29) is 35.6 Å². The van der Waals surface area contributed by atoms with Crippen molar-refractivity contribution in [1.82, 2.24) is 0 Å². The molecule has 0 fully saturated rings. The van der Waals surface area contributed by atoms with Crippen LogP contribution in [0.4, 0.5) is 0 Å². The van der Waals surface area contributed by atoms with Crippen molar-refractivity contribution in [3.63, 3.8) is 0 Å². The van der Waals surface area contributed by atoms with Gasteiger partial charge in [-0.05, 0) is 0 Å². The third-order valence-electron chi connectivity index (χ3n) is 2.95. The van der Waals surface area contributed by atoms with Crippen LogP contribution in [0.3, 0.4) is 0 Å². The van der Waals surface area contributed by atoms with E-state index in [0.717, 1.165) is 5.75 Å². The zero-order chi connectivity index (χ0) is 13.4. The van der Waals surface area contributed by atoms with Gasteiger partial charge in [-0.2, -0.15) is 0 Å². The summed E-state index contributed by atoms with van der Waals surface area (Å²) in [7, 11) is 0. The first kappa shape index (κ1) is 21.6. The molecular weight excluding hydrogens is 315 g/mol. The van der Waals surface area contributed by atoms with Crippen molar-refractivity contribution in [2.45, 2.75) is 59.3 Å². The molecule has 0 spiro atoms. The second kappa shape index (κ2) is 7.36. The predicted molar refractivity (Wildman–Crippen MR) is 69.2 cm³/mol. The Balaban J connectivity index is 0. The van der Waals surface area contributed by atoms with Gasteiger partial charge in [0, 0.05) is 0 Å². The van der Waals surface area contributed by atoms with Gasteiger partial charge in [-0.1, -0.05) is 0 Å². The number of benzene rings is 1. The molecule has 0 atom stereocenters. The summed E-state index contributed by atoms with van der Waals surface area (Å²) >= 11 is 1.77. The van der Waals surface area contributed by atoms with Crippen LogP contribution in [0.5, 0.6) is 5.75 Å². The summed E-state index contributed by atoms with van der Waals surface area (Å²) in [6.07, 6.45) is 0. The number of hydrogen-bond donors (Lipinski definition) is 0. The first-order valence-electron chi connectivity index (χ1n) is 6.06. The van der Waals surface area contributed by atoms with Crippen molar-refractivity contribution in [3.8, 4) is 5.75 Å². The third kappa shape index (κ3) is 5.30. The van der Waals surface area contributed by atoms with Crippen molar-refractivity contribution in [1.29, 1.82) is 0 Å². The molecule has 0 aliphatic heterocycles. The molecule has 0 amide bonds. The predicted octanol–water partition coefficient (Wildman–Crippen LogP) is -1.56. The molecule has 1 nitrogen and oxygen atoms in total. The van der Waals surface area contributed by atoms with Crippen molar-refractivity contribution in [2.24, 2.45) is 0 Å². The summed E-state index contributed by atoms with van der Waals surface area (Å²) in [6.45, 7) is 15.6. The molecule has 1 aromatic rings. The summed E-state index contributed by atoms with van der Waals surface area (Å²) in [4.78, 5) is 0. The van der Waals surface area contributed by atoms with Crippen molar-refractivity contribution < 1.29 is 49.0 Å². The molecule has 1 aromatic carbocycles. The Hall–Kier alpha value is 0.314. The van der Waals surface area contributed by atoms with Gasteiger partial charge in [0.2, 0.25) is 0 Å². The Labute approximate surface area is 142 Å². The maximum Gasteiger partial charge on any atom is -1.00 e. The first-order chi connectivity index (χ1) is 7.57. The largest absolute Gasteiger partial charge is 1.00 e. The van der Waals surface area contributed by atoms with Gasteiger partial charge in [0.15, 0.2) is 0 Å². The quantitative estimate of drug-likeness (QED) is 0.563. The molecule has 0 radical (unpaired) electrons. The molecule has 0 bridgehead atoms. The molecule has 0 aromatic heterocycles. The Morgan fingerprint density at radius 3 is 1.37 bits per heavy atom. The van der Waals surface area contributed by atoms with Crippen LogP contribution in [0.2, 0.25) is 0 Å². The second-order valence-electron chi connectivity index (χ2n) is 6.79. The minimum absolute atomic E-state index is 0. The molecule has 0 unspecified atom stereocenters. The van der Waals surface area contributed by atoms with E-state index in [9.17, 15) is 0 Å². The van der Waals surface area contributed by atoms with Crippen LogP contribution in [-0.2, 0) is 31.7 Å². The molecule has 19 heavy (non-hydrogen) atoms. The Kier molecular flexibility index (Phi) is 8.37. The van der Waals surface area contributed by atoms with Crippen molar-refractivity contribution in [2.75, 3.05) is 0 Å². The van der Waals surface area contributed by atoms with Crippen molar-refractivity contribution in [3.05, 3.63) is 28.8 Å². The molecule has 4 heteroatoms. The molecule has 0 N–H and O–H groups in total. The minimum atomic E-state index is 0. The summed E-state index contributed by atoms with van der Waals surface area (Å²) in [5, 5.41) is 0. The van der Waals surface area contributed by atoms with Gasteiger partial charge >= 0.3 is 118 Å². The normalized spacial score (nSPS) is 11.4. The summed E-state index contributed by atoms with van der Waals surface area (Å²) in [5.41, 5.74) is 4.12. The Bertz CT molecular complexity index is 382. The van der Waals surface area contributed by atoms with Gasteiger partial charge in [0.05, 0.1) is 0 Å². The van der Waals surface area contributed by atoms with Gasteiger partial charge in [0.25, 0.3) is 0 Å². The average molecular weight is 338 g/mol. The SMILES string of the molecule is Cc1cc(C(C)(C)C)c([O][Ti+2])c(C(C)(C)C)c1.[Cl-].[Cl-]. The Morgan fingerprint density at radius 2 is 1.16 bits per heavy atom. The van der Waals surface area contributed by atoms with Gasteiger partial charge in [0.1, 0.15) is 0 Å². The summed E-state index contributed by atoms with van der Waals surface area (Å²) in [6, 6.07) is 4.49. The van der Waals surface area contributed by atoms with E-state index in [4.69, 9.17) is 3.32 Å². The van der Waals surface area contributed by atoms with Crippen LogP contribution in [0.1, 0.15) is 58.2 Å². The van der Waals surface area contributed by atoms with Gasteiger partial charge in [-0.3, -0.25) is 0 Å². The van der Waals surface area contributed by atoms with Gasteiger partial charge < -0.3 is 24.8 Å². The van der Waals surface area contributed by atoms with E-state index in [2.05, 4.69) is 60.6 Å². The number of hydrogen-bond acceptors (Lipinski definition) is 1. The van der Waals surface area contributed by atoms with E-state index in [1.807, 2.05) is 0 Å².